The topological polar surface area (TPSA) is 66.8 Å². The van der Waals surface area contributed by atoms with Gasteiger partial charge in [0.15, 0.2) is 0 Å². The fourth-order valence-electron chi connectivity index (χ4n) is 4.12. The van der Waals surface area contributed by atoms with Crippen LogP contribution in [0.1, 0.15) is 48.1 Å². The van der Waals surface area contributed by atoms with Gasteiger partial charge in [-0.1, -0.05) is 43.2 Å². The third-order valence-electron chi connectivity index (χ3n) is 5.61. The van der Waals surface area contributed by atoms with Crippen molar-refractivity contribution >= 4 is 17.4 Å². The van der Waals surface area contributed by atoms with Gasteiger partial charge in [-0.15, -0.1) is 0 Å². The summed E-state index contributed by atoms with van der Waals surface area (Å²) in [5.74, 6) is -0.485. The van der Waals surface area contributed by atoms with Crippen LogP contribution in [0.3, 0.4) is 0 Å². The van der Waals surface area contributed by atoms with E-state index in [1.807, 2.05) is 50.2 Å². The molecule has 0 bridgehead atoms. The molecule has 2 aromatic carbocycles. The minimum Gasteiger partial charge on any atom is -0.507 e. The molecule has 5 heteroatoms. The number of benzene rings is 2. The first-order valence-corrected chi connectivity index (χ1v) is 10.1. The lowest BCUT2D eigenvalue weighted by Gasteiger charge is -2.25. The number of Topliss-reactive ketones (excluding diaryl/α,β-unsaturated/α-hetero) is 1. The van der Waals surface area contributed by atoms with Gasteiger partial charge in [-0.25, -0.2) is 0 Å². The number of nitrogens with zero attached hydrogens (tertiary/aromatic N) is 1. The van der Waals surface area contributed by atoms with Crippen molar-refractivity contribution in [3.63, 3.8) is 0 Å². The number of ketones is 1. The normalized spacial score (nSPS) is 20.1. The van der Waals surface area contributed by atoms with E-state index < -0.39 is 17.7 Å². The molecular formula is C24H25NO4. The summed E-state index contributed by atoms with van der Waals surface area (Å²) < 4.78 is 5.53. The number of aryl methyl sites for hydroxylation is 1. The van der Waals surface area contributed by atoms with Crippen LogP contribution in [0.4, 0.5) is 0 Å². The molecule has 1 unspecified atom stereocenters. The van der Waals surface area contributed by atoms with Crippen molar-refractivity contribution in [2.24, 2.45) is 0 Å². The van der Waals surface area contributed by atoms with Gasteiger partial charge >= 0.3 is 0 Å². The Morgan fingerprint density at radius 3 is 2.79 bits per heavy atom. The summed E-state index contributed by atoms with van der Waals surface area (Å²) >= 11 is 0. The molecule has 1 N–H and O–H groups in total. The van der Waals surface area contributed by atoms with E-state index in [-0.39, 0.29) is 11.3 Å². The summed E-state index contributed by atoms with van der Waals surface area (Å²) in [5, 5.41) is 11.1. The van der Waals surface area contributed by atoms with Gasteiger partial charge in [-0.05, 0) is 42.7 Å². The number of aliphatic hydroxyl groups is 1. The smallest absolute Gasteiger partial charge is 0.295 e. The van der Waals surface area contributed by atoms with Gasteiger partial charge in [0, 0.05) is 18.5 Å². The number of hydrogen-bond donors (Lipinski definition) is 1. The maximum absolute atomic E-state index is 13.0. The summed E-state index contributed by atoms with van der Waals surface area (Å²) in [5.41, 5.74) is 3.59. The zero-order valence-corrected chi connectivity index (χ0v) is 16.8. The zero-order chi connectivity index (χ0) is 20.5. The largest absolute Gasteiger partial charge is 0.507 e. The van der Waals surface area contributed by atoms with E-state index in [0.717, 1.165) is 41.7 Å². The summed E-state index contributed by atoms with van der Waals surface area (Å²) in [6.07, 6.45) is 2.47. The van der Waals surface area contributed by atoms with Gasteiger partial charge in [-0.2, -0.15) is 0 Å². The van der Waals surface area contributed by atoms with E-state index in [9.17, 15) is 14.7 Å². The maximum Gasteiger partial charge on any atom is 0.295 e. The van der Waals surface area contributed by atoms with E-state index in [4.69, 9.17) is 4.74 Å². The second-order valence-electron chi connectivity index (χ2n) is 7.68. The van der Waals surface area contributed by atoms with Crippen molar-refractivity contribution in [1.29, 1.82) is 0 Å². The molecule has 150 valence electrons. The minimum atomic E-state index is -0.623. The Kier molecular flexibility index (Phi) is 5.14. The second-order valence-corrected chi connectivity index (χ2v) is 7.68. The van der Waals surface area contributed by atoms with Crippen molar-refractivity contribution in [1.82, 2.24) is 4.90 Å². The lowest BCUT2D eigenvalue weighted by molar-refractivity contribution is -0.139. The van der Waals surface area contributed by atoms with Crippen molar-refractivity contribution < 1.29 is 19.4 Å². The molecule has 4 rings (SSSR count). The molecule has 1 saturated heterocycles. The predicted molar refractivity (Wildman–Crippen MR) is 111 cm³/mol. The van der Waals surface area contributed by atoms with Gasteiger partial charge in [0.05, 0.1) is 18.2 Å². The highest BCUT2D eigenvalue weighted by Crippen LogP contribution is 2.40. The number of hydrogen-bond acceptors (Lipinski definition) is 4. The quantitative estimate of drug-likeness (QED) is 0.472. The molecule has 2 aliphatic heterocycles. The highest BCUT2D eigenvalue weighted by atomic mass is 16.5. The van der Waals surface area contributed by atoms with Crippen molar-refractivity contribution in [2.45, 2.75) is 39.2 Å². The number of fused-ring (bicyclic) bond motifs is 1. The Morgan fingerprint density at radius 2 is 2.03 bits per heavy atom. The van der Waals surface area contributed by atoms with Crippen LogP contribution in [0.15, 0.2) is 48.0 Å². The highest BCUT2D eigenvalue weighted by Gasteiger charge is 2.45. The van der Waals surface area contributed by atoms with Crippen LogP contribution in [-0.2, 0) is 16.0 Å². The molecule has 2 aliphatic rings. The molecule has 0 radical (unpaired) electrons. The number of rotatable bonds is 5. The second kappa shape index (κ2) is 7.74. The fourth-order valence-corrected chi connectivity index (χ4v) is 4.12. The maximum atomic E-state index is 13.0. The van der Waals surface area contributed by atoms with Crippen LogP contribution in [0.5, 0.6) is 5.75 Å². The molecule has 5 nitrogen and oxygen atoms in total. The molecule has 0 saturated carbocycles. The molecule has 0 aliphatic carbocycles. The first-order valence-electron chi connectivity index (χ1n) is 10.1. The molecule has 2 aromatic rings. The van der Waals surface area contributed by atoms with Gasteiger partial charge in [-0.3, -0.25) is 9.59 Å². The van der Waals surface area contributed by atoms with Crippen LogP contribution in [0.2, 0.25) is 0 Å². The number of ether oxygens (including phenoxy) is 1. The highest BCUT2D eigenvalue weighted by molar-refractivity contribution is 6.46. The van der Waals surface area contributed by atoms with Gasteiger partial charge in [0.25, 0.3) is 11.7 Å². The SMILES string of the molecule is CCCCN1C(=O)C(=O)/C(=C(\O)c2ccc3c(c2)CCO3)C1c1cccc(C)c1. The van der Waals surface area contributed by atoms with Crippen LogP contribution in [-0.4, -0.2) is 34.8 Å². The first kappa shape index (κ1) is 19.2. The Morgan fingerprint density at radius 1 is 1.21 bits per heavy atom. The van der Waals surface area contributed by atoms with Crippen LogP contribution in [0, 0.1) is 6.92 Å². The Bertz CT molecular complexity index is 1010. The van der Waals surface area contributed by atoms with Gasteiger partial charge in [0.2, 0.25) is 0 Å². The Hall–Kier alpha value is -3.08. The third kappa shape index (κ3) is 3.41. The monoisotopic (exact) mass is 391 g/mol. The minimum absolute atomic E-state index is 0.122. The summed E-state index contributed by atoms with van der Waals surface area (Å²) in [6.45, 7) is 5.12. The average molecular weight is 391 g/mol. The average Bonchev–Trinajstić information content (AvgIpc) is 3.28. The molecule has 1 atom stereocenters. The van der Waals surface area contributed by atoms with E-state index >= 15 is 0 Å². The molecule has 1 fully saturated rings. The van der Waals surface area contributed by atoms with Gasteiger partial charge < -0.3 is 14.7 Å². The summed E-state index contributed by atoms with van der Waals surface area (Å²) in [7, 11) is 0. The number of aliphatic hydroxyl groups excluding tert-OH is 1. The number of carbonyl (C=O) groups excluding carboxylic acids is 2. The molecule has 0 aromatic heterocycles. The van der Waals surface area contributed by atoms with Gasteiger partial charge in [0.1, 0.15) is 11.5 Å². The predicted octanol–water partition coefficient (Wildman–Crippen LogP) is 4.15. The molecule has 29 heavy (non-hydrogen) atoms. The van der Waals surface area contributed by atoms with Crippen LogP contribution < -0.4 is 4.74 Å². The molecule has 0 spiro atoms. The number of amides is 1. The van der Waals surface area contributed by atoms with Crippen LogP contribution in [0.25, 0.3) is 5.76 Å². The molecule has 1 amide bonds. The van der Waals surface area contributed by atoms with E-state index in [1.165, 1.54) is 0 Å². The Labute approximate surface area is 170 Å². The van der Waals surface area contributed by atoms with E-state index in [1.54, 1.807) is 11.0 Å². The lowest BCUT2D eigenvalue weighted by atomic mass is 9.93. The fraction of sp³-hybridized carbons (Fsp3) is 0.333. The van der Waals surface area contributed by atoms with E-state index in [2.05, 4.69) is 0 Å². The number of likely N-dealkylation sites (tertiary alicyclic amines) is 1. The van der Waals surface area contributed by atoms with E-state index in [0.29, 0.717) is 18.7 Å². The van der Waals surface area contributed by atoms with Crippen LogP contribution >= 0.6 is 0 Å². The summed E-state index contributed by atoms with van der Waals surface area (Å²) in [6, 6.07) is 12.6. The molecule has 2 heterocycles. The first-order chi connectivity index (χ1) is 14.0. The standard InChI is InChI=1S/C24H25NO4/c1-3-4-11-25-21(17-7-5-6-15(2)13-17)20(23(27)24(25)28)22(26)18-8-9-19-16(14-18)10-12-29-19/h5-9,13-14,21,26H,3-4,10-12H2,1-2H3/b22-20-. The number of carbonyl (C=O) groups is 2. The lowest BCUT2D eigenvalue weighted by Crippen LogP contribution is -2.30. The molecular weight excluding hydrogens is 366 g/mol. The zero-order valence-electron chi connectivity index (χ0n) is 16.8. The van der Waals surface area contributed by atoms with Crippen molar-refractivity contribution in [2.75, 3.05) is 13.2 Å². The van der Waals surface area contributed by atoms with Crippen molar-refractivity contribution in [3.05, 3.63) is 70.3 Å². The van der Waals surface area contributed by atoms with Crippen molar-refractivity contribution in [3.8, 4) is 5.75 Å². The summed E-state index contributed by atoms with van der Waals surface area (Å²) in [4.78, 5) is 27.4. The third-order valence-corrected chi connectivity index (χ3v) is 5.61. The Balaban J connectivity index is 1.85. The number of unbranched alkanes of at least 4 members (excludes halogenated alkanes) is 1.